The Hall–Kier alpha value is -2.64. The van der Waals surface area contributed by atoms with E-state index in [1.54, 1.807) is 13.8 Å². The summed E-state index contributed by atoms with van der Waals surface area (Å²) < 4.78 is 4.39. The molecule has 0 radical (unpaired) electrons. The van der Waals surface area contributed by atoms with Gasteiger partial charge in [0.1, 0.15) is 6.04 Å². The van der Waals surface area contributed by atoms with Gasteiger partial charge in [0.15, 0.2) is 0 Å². The summed E-state index contributed by atoms with van der Waals surface area (Å²) in [5.41, 5.74) is 0.585. The van der Waals surface area contributed by atoms with Crippen LogP contribution in [0, 0.1) is 11.1 Å². The van der Waals surface area contributed by atoms with Gasteiger partial charge in [0.2, 0.25) is 11.0 Å². The lowest BCUT2D eigenvalue weighted by atomic mass is 10.0. The van der Waals surface area contributed by atoms with E-state index in [2.05, 4.69) is 15.1 Å². The number of fused-ring (bicyclic) bond motifs is 1. The highest BCUT2D eigenvalue weighted by Gasteiger charge is 2.24. The molecular weight excluding hydrogens is 266 g/mol. The molecule has 8 heteroatoms. The molecule has 0 unspecified atom stereocenters. The van der Waals surface area contributed by atoms with Crippen molar-refractivity contribution in [2.75, 3.05) is 0 Å². The highest BCUT2D eigenvalue weighted by Crippen LogP contribution is 2.11. The van der Waals surface area contributed by atoms with E-state index in [0.717, 1.165) is 0 Å². The number of hydrogen-bond acceptors (Lipinski definition) is 5. The number of nitrogens with one attached hydrogen (secondary N) is 1. The van der Waals surface area contributed by atoms with Gasteiger partial charge in [-0.25, -0.2) is 4.79 Å². The van der Waals surface area contributed by atoms with Crippen molar-refractivity contribution in [3.8, 4) is 0 Å². The van der Waals surface area contributed by atoms with Crippen LogP contribution in [0.2, 0.25) is 0 Å². The Kier molecular flexibility index (Phi) is 3.55. The van der Waals surface area contributed by atoms with Gasteiger partial charge < -0.3 is 15.6 Å². The fourth-order valence-electron chi connectivity index (χ4n) is 1.75. The maximum Gasteiger partial charge on any atom is 0.326 e. The monoisotopic (exact) mass is 279 g/mol. The molecule has 2 aromatic rings. The van der Waals surface area contributed by atoms with Crippen molar-refractivity contribution in [1.29, 1.82) is 0 Å². The third kappa shape index (κ3) is 2.53. The number of carbonyl (C=O) groups excluding carboxylic acids is 1. The molecule has 1 aromatic heterocycles. The topological polar surface area (TPSA) is 119 Å². The van der Waals surface area contributed by atoms with Crippen molar-refractivity contribution in [3.05, 3.63) is 29.0 Å². The van der Waals surface area contributed by atoms with Crippen LogP contribution in [-0.4, -0.2) is 28.2 Å². The Labute approximate surface area is 113 Å². The maximum absolute atomic E-state index is 12.0. The van der Waals surface area contributed by atoms with Crippen molar-refractivity contribution in [1.82, 2.24) is 10.5 Å². The number of carboxylic acids is 1. The average molecular weight is 279 g/mol. The van der Waals surface area contributed by atoms with Crippen LogP contribution in [0.5, 0.6) is 0 Å². The Morgan fingerprint density at radius 2 is 2.15 bits per heavy atom. The molecule has 0 aliphatic heterocycles. The largest absolute Gasteiger partial charge is 0.480 e. The Balaban J connectivity index is 2.26. The van der Waals surface area contributed by atoms with Gasteiger partial charge in [-0.05, 0) is 23.0 Å². The van der Waals surface area contributed by atoms with Crippen LogP contribution in [0.25, 0.3) is 11.0 Å². The third-order valence-corrected chi connectivity index (χ3v) is 2.87. The molecule has 0 fully saturated rings. The summed E-state index contributed by atoms with van der Waals surface area (Å²) >= 11 is 0. The van der Waals surface area contributed by atoms with Crippen molar-refractivity contribution in [2.24, 2.45) is 5.92 Å². The summed E-state index contributed by atoms with van der Waals surface area (Å²) in [5, 5.41) is 26.2. The standard InChI is InChI=1S/C12H13N3O5/c1-6(2)10(12(17)18)13-11(16)7-3-4-8-9(5-7)15(19)20-14-8/h3-6,10H,1-2H3,(H,13,16)(H,17,18)/t10-/m0/s1. The molecule has 1 aromatic carbocycles. The van der Waals surface area contributed by atoms with Crippen LogP contribution in [0.15, 0.2) is 22.8 Å². The molecule has 1 heterocycles. The van der Waals surface area contributed by atoms with E-state index in [-0.39, 0.29) is 21.9 Å². The van der Waals surface area contributed by atoms with Gasteiger partial charge in [-0.1, -0.05) is 13.8 Å². The van der Waals surface area contributed by atoms with Gasteiger partial charge >= 0.3 is 5.97 Å². The van der Waals surface area contributed by atoms with E-state index >= 15 is 0 Å². The summed E-state index contributed by atoms with van der Waals surface area (Å²) in [7, 11) is 0. The lowest BCUT2D eigenvalue weighted by Gasteiger charge is -2.17. The van der Waals surface area contributed by atoms with Gasteiger partial charge in [-0.3, -0.25) is 9.42 Å². The first kappa shape index (κ1) is 13.8. The molecule has 0 spiro atoms. The summed E-state index contributed by atoms with van der Waals surface area (Å²) in [6.07, 6.45) is 0. The first-order valence-electron chi connectivity index (χ1n) is 5.93. The predicted molar refractivity (Wildman–Crippen MR) is 66.7 cm³/mol. The van der Waals surface area contributed by atoms with Crippen molar-refractivity contribution >= 4 is 22.9 Å². The minimum Gasteiger partial charge on any atom is -0.480 e. The molecular formula is C12H13N3O5. The van der Waals surface area contributed by atoms with Gasteiger partial charge in [0.05, 0.1) is 0 Å². The number of rotatable bonds is 4. The molecule has 0 aliphatic rings. The molecule has 0 aliphatic carbocycles. The number of aliphatic carboxylic acids is 1. The third-order valence-electron chi connectivity index (χ3n) is 2.87. The number of benzene rings is 1. The second kappa shape index (κ2) is 5.16. The van der Waals surface area contributed by atoms with Crippen LogP contribution in [0.1, 0.15) is 24.2 Å². The fraction of sp³-hybridized carbons (Fsp3) is 0.333. The van der Waals surface area contributed by atoms with Gasteiger partial charge in [-0.2, -0.15) is 0 Å². The van der Waals surface area contributed by atoms with Crippen LogP contribution < -0.4 is 10.2 Å². The average Bonchev–Trinajstić information content (AvgIpc) is 2.76. The maximum atomic E-state index is 12.0. The lowest BCUT2D eigenvalue weighted by Crippen LogP contribution is -2.44. The molecule has 1 atom stereocenters. The van der Waals surface area contributed by atoms with Crippen molar-refractivity contribution < 1.29 is 24.2 Å². The van der Waals surface area contributed by atoms with Crippen molar-refractivity contribution in [3.63, 3.8) is 0 Å². The second-order valence-electron chi connectivity index (χ2n) is 4.67. The SMILES string of the molecule is CC(C)[C@H](NC(=O)c1ccc2no[n+]([O-])c2c1)C(=O)O. The summed E-state index contributed by atoms with van der Waals surface area (Å²) in [6, 6.07) is 3.19. The predicted octanol–water partition coefficient (Wildman–Crippen LogP) is 0.300. The van der Waals surface area contributed by atoms with E-state index in [9.17, 15) is 14.8 Å². The minimum absolute atomic E-state index is 0.106. The number of carboxylic acid groups (broad SMARTS) is 1. The van der Waals surface area contributed by atoms with Crippen LogP contribution in [0.3, 0.4) is 0 Å². The molecule has 2 N–H and O–H groups in total. The molecule has 0 bridgehead atoms. The number of aromatic nitrogens is 2. The Bertz CT molecular complexity index is 664. The summed E-state index contributed by atoms with van der Waals surface area (Å²) in [6.45, 7) is 3.38. The lowest BCUT2D eigenvalue weighted by molar-refractivity contribution is -0.782. The first-order valence-corrected chi connectivity index (χ1v) is 5.93. The number of amides is 1. The summed E-state index contributed by atoms with van der Waals surface area (Å²) in [4.78, 5) is 23.2. The van der Waals surface area contributed by atoms with Gasteiger partial charge in [0, 0.05) is 16.8 Å². The summed E-state index contributed by atoms with van der Waals surface area (Å²) in [5.74, 6) is -1.95. The smallest absolute Gasteiger partial charge is 0.326 e. The Morgan fingerprint density at radius 3 is 2.75 bits per heavy atom. The Morgan fingerprint density at radius 1 is 1.45 bits per heavy atom. The first-order chi connectivity index (χ1) is 9.40. The molecule has 0 saturated heterocycles. The second-order valence-corrected chi connectivity index (χ2v) is 4.67. The highest BCUT2D eigenvalue weighted by atomic mass is 16.8. The fourth-order valence-corrected chi connectivity index (χ4v) is 1.75. The highest BCUT2D eigenvalue weighted by molar-refractivity contribution is 5.98. The molecule has 2 rings (SSSR count). The van der Waals surface area contributed by atoms with E-state index in [4.69, 9.17) is 5.11 Å². The number of carbonyl (C=O) groups is 2. The van der Waals surface area contributed by atoms with E-state index in [1.165, 1.54) is 18.2 Å². The van der Waals surface area contributed by atoms with Crippen LogP contribution in [0.4, 0.5) is 0 Å². The zero-order valence-corrected chi connectivity index (χ0v) is 10.9. The molecule has 1 amide bonds. The zero-order valence-electron chi connectivity index (χ0n) is 10.9. The number of hydrogen-bond donors (Lipinski definition) is 2. The van der Waals surface area contributed by atoms with E-state index in [0.29, 0.717) is 5.52 Å². The number of nitrogens with zero attached hydrogens (tertiary/aromatic N) is 2. The van der Waals surface area contributed by atoms with E-state index in [1.807, 2.05) is 0 Å². The van der Waals surface area contributed by atoms with Crippen LogP contribution in [-0.2, 0) is 4.79 Å². The van der Waals surface area contributed by atoms with E-state index < -0.39 is 17.9 Å². The minimum atomic E-state index is -1.11. The quantitative estimate of drug-likeness (QED) is 0.777. The zero-order chi connectivity index (χ0) is 14.9. The van der Waals surface area contributed by atoms with Crippen molar-refractivity contribution in [2.45, 2.75) is 19.9 Å². The van der Waals surface area contributed by atoms with Gasteiger partial charge in [0.25, 0.3) is 5.91 Å². The normalized spacial score (nSPS) is 12.6. The van der Waals surface area contributed by atoms with Crippen LogP contribution >= 0.6 is 0 Å². The molecule has 8 nitrogen and oxygen atoms in total. The molecule has 20 heavy (non-hydrogen) atoms. The molecule has 0 saturated carbocycles. The van der Waals surface area contributed by atoms with Gasteiger partial charge in [-0.15, -0.1) is 0 Å². The molecule has 106 valence electrons.